The minimum atomic E-state index is -3.43. The third-order valence-corrected chi connectivity index (χ3v) is 6.07. The lowest BCUT2D eigenvalue weighted by atomic mass is 9.93. The second kappa shape index (κ2) is 6.24. The van der Waals surface area contributed by atoms with Gasteiger partial charge in [0.2, 0.25) is 10.0 Å². The third kappa shape index (κ3) is 3.77. The highest BCUT2D eigenvalue weighted by atomic mass is 35.5. The van der Waals surface area contributed by atoms with Gasteiger partial charge < -0.3 is 5.32 Å². The molecular weight excluding hydrogens is 308 g/mol. The Morgan fingerprint density at radius 3 is 2.67 bits per heavy atom. The summed E-state index contributed by atoms with van der Waals surface area (Å²) in [5.74, 6) is 0. The third-order valence-electron chi connectivity index (χ3n) is 3.86. The van der Waals surface area contributed by atoms with Gasteiger partial charge in [0.25, 0.3) is 0 Å². The zero-order chi connectivity index (χ0) is 15.7. The van der Waals surface area contributed by atoms with Crippen LogP contribution < -0.4 is 5.32 Å². The molecule has 0 spiro atoms. The van der Waals surface area contributed by atoms with Crippen molar-refractivity contribution in [2.45, 2.75) is 38.6 Å². The second-order valence-corrected chi connectivity index (χ2v) is 8.63. The molecule has 2 rings (SSSR count). The Hall–Kier alpha value is -0.620. The van der Waals surface area contributed by atoms with E-state index in [9.17, 15) is 8.42 Å². The number of benzene rings is 1. The van der Waals surface area contributed by atoms with Crippen molar-refractivity contribution < 1.29 is 8.42 Å². The Morgan fingerprint density at radius 1 is 1.38 bits per heavy atom. The summed E-state index contributed by atoms with van der Waals surface area (Å²) < 4.78 is 27.0. The monoisotopic (exact) mass is 330 g/mol. The summed E-state index contributed by atoms with van der Waals surface area (Å²) in [6.07, 6.45) is 0.893. The van der Waals surface area contributed by atoms with Gasteiger partial charge in [-0.05, 0) is 42.1 Å². The fraction of sp³-hybridized carbons (Fsp3) is 0.600. The fourth-order valence-electron chi connectivity index (χ4n) is 2.52. The van der Waals surface area contributed by atoms with Gasteiger partial charge in [-0.2, -0.15) is 4.31 Å². The number of hydrogen-bond donors (Lipinski definition) is 1. The van der Waals surface area contributed by atoms with Crippen molar-refractivity contribution in [3.05, 3.63) is 28.8 Å². The van der Waals surface area contributed by atoms with Crippen LogP contribution in [0.5, 0.6) is 0 Å². The topological polar surface area (TPSA) is 49.4 Å². The largest absolute Gasteiger partial charge is 0.313 e. The molecule has 0 amide bonds. The highest BCUT2D eigenvalue weighted by molar-refractivity contribution is 7.89. The fourth-order valence-corrected chi connectivity index (χ4v) is 4.39. The predicted molar refractivity (Wildman–Crippen MR) is 86.0 cm³/mol. The van der Waals surface area contributed by atoms with Crippen molar-refractivity contribution in [2.75, 3.05) is 19.6 Å². The molecule has 6 heteroatoms. The number of nitrogens with one attached hydrogen (secondary N) is 1. The molecule has 1 aromatic carbocycles. The highest BCUT2D eigenvalue weighted by Crippen LogP contribution is 2.33. The average Bonchev–Trinajstić information content (AvgIpc) is 2.78. The van der Waals surface area contributed by atoms with Crippen LogP contribution in [0.1, 0.15) is 32.8 Å². The predicted octanol–water partition coefficient (Wildman–Crippen LogP) is 2.87. The molecule has 0 atom stereocenters. The standard InChI is InChI=1S/C15H23ClN2O2S/c1-4-17-10-12-9-13(5-6-14(12)16)21(19,20)18-8-7-15(2,3)11-18/h5-6,9,17H,4,7-8,10-11H2,1-3H3. The molecule has 118 valence electrons. The van der Waals surface area contributed by atoms with Crippen LogP contribution in [0.15, 0.2) is 23.1 Å². The van der Waals surface area contributed by atoms with Gasteiger partial charge in [0, 0.05) is 24.7 Å². The lowest BCUT2D eigenvalue weighted by molar-refractivity contribution is 0.375. The van der Waals surface area contributed by atoms with Gasteiger partial charge in [0.1, 0.15) is 0 Å². The lowest BCUT2D eigenvalue weighted by Crippen LogP contribution is -2.30. The van der Waals surface area contributed by atoms with Gasteiger partial charge in [0.05, 0.1) is 4.90 Å². The summed E-state index contributed by atoms with van der Waals surface area (Å²) in [6, 6.07) is 4.95. The van der Waals surface area contributed by atoms with E-state index in [0.29, 0.717) is 29.6 Å². The Morgan fingerprint density at radius 2 is 2.10 bits per heavy atom. The molecule has 1 aliphatic rings. The van der Waals surface area contributed by atoms with E-state index in [2.05, 4.69) is 19.2 Å². The van der Waals surface area contributed by atoms with E-state index in [1.54, 1.807) is 22.5 Å². The van der Waals surface area contributed by atoms with Crippen LogP contribution in [0.25, 0.3) is 0 Å². The molecule has 1 aromatic rings. The van der Waals surface area contributed by atoms with E-state index in [0.717, 1.165) is 18.5 Å². The Kier molecular flexibility index (Phi) is 4.98. The molecular formula is C15H23ClN2O2S. The summed E-state index contributed by atoms with van der Waals surface area (Å²) in [5, 5.41) is 3.77. The quantitative estimate of drug-likeness (QED) is 0.903. The van der Waals surface area contributed by atoms with Crippen molar-refractivity contribution in [1.29, 1.82) is 0 Å². The molecule has 0 radical (unpaired) electrons. The summed E-state index contributed by atoms with van der Waals surface area (Å²) in [6.45, 7) is 8.74. The Labute approximate surface area is 132 Å². The molecule has 0 aliphatic carbocycles. The zero-order valence-electron chi connectivity index (χ0n) is 12.8. The van der Waals surface area contributed by atoms with E-state index in [1.165, 1.54) is 0 Å². The van der Waals surface area contributed by atoms with E-state index in [4.69, 9.17) is 11.6 Å². The average molecular weight is 331 g/mol. The van der Waals surface area contributed by atoms with Crippen molar-refractivity contribution in [3.63, 3.8) is 0 Å². The first-order valence-electron chi connectivity index (χ1n) is 7.25. The maximum Gasteiger partial charge on any atom is 0.243 e. The molecule has 4 nitrogen and oxygen atoms in total. The number of sulfonamides is 1. The molecule has 0 aromatic heterocycles. The van der Waals surface area contributed by atoms with Crippen LogP contribution in [0, 0.1) is 5.41 Å². The molecule has 1 aliphatic heterocycles. The van der Waals surface area contributed by atoms with E-state index >= 15 is 0 Å². The van der Waals surface area contributed by atoms with Crippen molar-refractivity contribution in [3.8, 4) is 0 Å². The van der Waals surface area contributed by atoms with E-state index in [1.807, 2.05) is 6.92 Å². The SMILES string of the molecule is CCNCc1cc(S(=O)(=O)N2CCC(C)(C)C2)ccc1Cl. The molecule has 1 saturated heterocycles. The van der Waals surface area contributed by atoms with E-state index in [-0.39, 0.29) is 5.41 Å². The minimum Gasteiger partial charge on any atom is -0.313 e. The summed E-state index contributed by atoms with van der Waals surface area (Å²) in [7, 11) is -3.43. The van der Waals surface area contributed by atoms with E-state index < -0.39 is 10.0 Å². The first kappa shape index (κ1) is 16.7. The van der Waals surface area contributed by atoms with Crippen LogP contribution in [-0.2, 0) is 16.6 Å². The molecule has 0 saturated carbocycles. The maximum atomic E-state index is 12.7. The van der Waals surface area contributed by atoms with Crippen LogP contribution in [0.3, 0.4) is 0 Å². The zero-order valence-corrected chi connectivity index (χ0v) is 14.4. The van der Waals surface area contributed by atoms with Crippen molar-refractivity contribution >= 4 is 21.6 Å². The molecule has 21 heavy (non-hydrogen) atoms. The van der Waals surface area contributed by atoms with Gasteiger partial charge in [-0.3, -0.25) is 0 Å². The van der Waals surface area contributed by atoms with Crippen LogP contribution in [-0.4, -0.2) is 32.4 Å². The normalized spacial score (nSPS) is 19.0. The van der Waals surface area contributed by atoms with Gasteiger partial charge in [-0.25, -0.2) is 8.42 Å². The Bertz CT molecular complexity index is 614. The molecule has 0 unspecified atom stereocenters. The van der Waals surface area contributed by atoms with Gasteiger partial charge >= 0.3 is 0 Å². The summed E-state index contributed by atoms with van der Waals surface area (Å²) >= 11 is 6.14. The van der Waals surface area contributed by atoms with Crippen molar-refractivity contribution in [1.82, 2.24) is 9.62 Å². The first-order chi connectivity index (χ1) is 9.76. The number of hydrogen-bond acceptors (Lipinski definition) is 3. The van der Waals surface area contributed by atoms with Gasteiger partial charge in [0.15, 0.2) is 0 Å². The second-order valence-electron chi connectivity index (χ2n) is 6.29. The van der Waals surface area contributed by atoms with Crippen molar-refractivity contribution in [2.24, 2.45) is 5.41 Å². The van der Waals surface area contributed by atoms with Crippen LogP contribution >= 0.6 is 11.6 Å². The molecule has 0 bridgehead atoms. The smallest absolute Gasteiger partial charge is 0.243 e. The number of nitrogens with zero attached hydrogens (tertiary/aromatic N) is 1. The molecule has 1 N–H and O–H groups in total. The van der Waals surface area contributed by atoms with Gasteiger partial charge in [-0.1, -0.05) is 32.4 Å². The lowest BCUT2D eigenvalue weighted by Gasteiger charge is -2.20. The van der Waals surface area contributed by atoms with Crippen LogP contribution in [0.4, 0.5) is 0 Å². The number of rotatable bonds is 5. The van der Waals surface area contributed by atoms with Gasteiger partial charge in [-0.15, -0.1) is 0 Å². The molecule has 1 heterocycles. The minimum absolute atomic E-state index is 0.0477. The first-order valence-corrected chi connectivity index (χ1v) is 9.07. The molecule has 1 fully saturated rings. The highest BCUT2D eigenvalue weighted by Gasteiger charge is 2.36. The van der Waals surface area contributed by atoms with Crippen LogP contribution in [0.2, 0.25) is 5.02 Å². The Balaban J connectivity index is 2.28. The summed E-state index contributed by atoms with van der Waals surface area (Å²) in [5.41, 5.74) is 0.865. The summed E-state index contributed by atoms with van der Waals surface area (Å²) in [4.78, 5) is 0.331. The maximum absolute atomic E-state index is 12.7. The number of halogens is 1.